The largest absolute Gasteiger partial charge is 0.384 e. The van der Waals surface area contributed by atoms with Crippen molar-refractivity contribution in [2.45, 2.75) is 32.1 Å². The van der Waals surface area contributed by atoms with Crippen LogP contribution < -0.4 is 5.32 Å². The summed E-state index contributed by atoms with van der Waals surface area (Å²) in [6, 6.07) is 7.52. The molecule has 90 valence electrons. The Morgan fingerprint density at radius 1 is 1.35 bits per heavy atom. The van der Waals surface area contributed by atoms with Gasteiger partial charge in [0.2, 0.25) is 0 Å². The van der Waals surface area contributed by atoms with Crippen LogP contribution in [0.4, 0.5) is 5.69 Å². The van der Waals surface area contributed by atoms with E-state index in [2.05, 4.69) is 11.4 Å². The number of nitrogens with zero attached hydrogens (tertiary/aromatic N) is 1. The van der Waals surface area contributed by atoms with E-state index in [-0.39, 0.29) is 0 Å². The molecule has 0 aromatic heterocycles. The van der Waals surface area contributed by atoms with Crippen molar-refractivity contribution >= 4 is 17.3 Å². The van der Waals surface area contributed by atoms with Crippen molar-refractivity contribution in [1.29, 1.82) is 5.26 Å². The van der Waals surface area contributed by atoms with Crippen LogP contribution in [0.15, 0.2) is 18.2 Å². The molecule has 0 heterocycles. The molecule has 0 atom stereocenters. The van der Waals surface area contributed by atoms with Gasteiger partial charge in [0, 0.05) is 11.6 Å². The molecule has 3 heteroatoms. The second kappa shape index (κ2) is 5.93. The van der Waals surface area contributed by atoms with Gasteiger partial charge in [0.1, 0.15) is 6.07 Å². The molecule has 17 heavy (non-hydrogen) atoms. The summed E-state index contributed by atoms with van der Waals surface area (Å²) in [5.74, 6) is 0.868. The summed E-state index contributed by atoms with van der Waals surface area (Å²) >= 11 is 5.93. The van der Waals surface area contributed by atoms with Gasteiger partial charge in [-0.05, 0) is 30.5 Å². The highest BCUT2D eigenvalue weighted by atomic mass is 35.5. The molecule has 0 amide bonds. The number of anilines is 1. The lowest BCUT2D eigenvalue weighted by molar-refractivity contribution is 0.518. The number of nitrogens with one attached hydrogen (secondary N) is 1. The van der Waals surface area contributed by atoms with Gasteiger partial charge in [-0.15, -0.1) is 0 Å². The fourth-order valence-electron chi connectivity index (χ4n) is 2.47. The second-order valence-electron chi connectivity index (χ2n) is 4.67. The van der Waals surface area contributed by atoms with Crippen molar-refractivity contribution in [3.05, 3.63) is 28.8 Å². The van der Waals surface area contributed by atoms with Crippen LogP contribution in [0.25, 0.3) is 0 Å². The third-order valence-electron chi connectivity index (χ3n) is 3.44. The summed E-state index contributed by atoms with van der Waals surface area (Å²) in [6.07, 6.45) is 6.68. The average Bonchev–Trinajstić information content (AvgIpc) is 2.82. The van der Waals surface area contributed by atoms with E-state index in [1.807, 2.05) is 6.07 Å². The van der Waals surface area contributed by atoms with Gasteiger partial charge in [0.15, 0.2) is 0 Å². The van der Waals surface area contributed by atoms with E-state index in [1.165, 1.54) is 32.1 Å². The lowest BCUT2D eigenvalue weighted by atomic mass is 10.0. The summed E-state index contributed by atoms with van der Waals surface area (Å²) in [6.45, 7) is 0.930. The van der Waals surface area contributed by atoms with Crippen molar-refractivity contribution in [3.63, 3.8) is 0 Å². The number of nitriles is 1. The minimum Gasteiger partial charge on any atom is -0.384 e. The molecule has 1 aliphatic carbocycles. The van der Waals surface area contributed by atoms with Gasteiger partial charge in [-0.25, -0.2) is 0 Å². The molecule has 1 aliphatic rings. The Morgan fingerprint density at radius 3 is 2.82 bits per heavy atom. The third-order valence-corrected chi connectivity index (χ3v) is 3.68. The van der Waals surface area contributed by atoms with E-state index in [0.717, 1.165) is 18.2 Å². The van der Waals surface area contributed by atoms with Gasteiger partial charge >= 0.3 is 0 Å². The summed E-state index contributed by atoms with van der Waals surface area (Å²) in [5.41, 5.74) is 1.53. The highest BCUT2D eigenvalue weighted by Gasteiger charge is 2.14. The van der Waals surface area contributed by atoms with Gasteiger partial charge in [0.05, 0.1) is 11.3 Å². The lowest BCUT2D eigenvalue weighted by Gasteiger charge is -2.12. The molecule has 1 N–H and O–H groups in total. The molecule has 2 nitrogen and oxygen atoms in total. The number of benzene rings is 1. The normalized spacial score (nSPS) is 15.8. The number of rotatable bonds is 4. The number of halogens is 1. The molecule has 1 saturated carbocycles. The van der Waals surface area contributed by atoms with Gasteiger partial charge in [-0.2, -0.15) is 5.26 Å². The van der Waals surface area contributed by atoms with Crippen LogP contribution in [0, 0.1) is 17.2 Å². The topological polar surface area (TPSA) is 35.8 Å². The first-order chi connectivity index (χ1) is 8.29. The lowest BCUT2D eigenvalue weighted by Crippen LogP contribution is -2.07. The van der Waals surface area contributed by atoms with Crippen LogP contribution in [-0.4, -0.2) is 6.54 Å². The molecule has 0 unspecified atom stereocenters. The standard InChI is InChI=1S/C14H17ClN2/c15-13-6-5-12(10-16)14(9-13)17-8-7-11-3-1-2-4-11/h5-6,9,11,17H,1-4,7-8H2. The van der Waals surface area contributed by atoms with Crippen molar-refractivity contribution in [1.82, 2.24) is 0 Å². The van der Waals surface area contributed by atoms with Crippen molar-refractivity contribution in [3.8, 4) is 6.07 Å². The first-order valence-corrected chi connectivity index (χ1v) is 6.61. The molecule has 0 saturated heterocycles. The van der Waals surface area contributed by atoms with Crippen LogP contribution in [0.5, 0.6) is 0 Å². The smallest absolute Gasteiger partial charge is 0.101 e. The Hall–Kier alpha value is -1.20. The van der Waals surface area contributed by atoms with Crippen molar-refractivity contribution < 1.29 is 0 Å². The molecule has 1 aromatic carbocycles. The van der Waals surface area contributed by atoms with Crippen LogP contribution in [0.3, 0.4) is 0 Å². The molecule has 1 aromatic rings. The van der Waals surface area contributed by atoms with Gasteiger partial charge in [-0.1, -0.05) is 37.3 Å². The Labute approximate surface area is 108 Å². The van der Waals surface area contributed by atoms with Crippen LogP contribution in [0.2, 0.25) is 5.02 Å². The molecule has 2 rings (SSSR count). The zero-order valence-corrected chi connectivity index (χ0v) is 10.6. The zero-order valence-electron chi connectivity index (χ0n) is 9.88. The fraction of sp³-hybridized carbons (Fsp3) is 0.500. The molecule has 1 fully saturated rings. The second-order valence-corrected chi connectivity index (χ2v) is 5.10. The zero-order chi connectivity index (χ0) is 12.1. The Balaban J connectivity index is 1.89. The highest BCUT2D eigenvalue weighted by Crippen LogP contribution is 2.28. The first-order valence-electron chi connectivity index (χ1n) is 6.23. The Bertz CT molecular complexity index is 417. The Kier molecular flexibility index (Phi) is 4.28. The average molecular weight is 249 g/mol. The van der Waals surface area contributed by atoms with E-state index in [9.17, 15) is 0 Å². The maximum atomic E-state index is 8.99. The van der Waals surface area contributed by atoms with Crippen LogP contribution in [-0.2, 0) is 0 Å². The van der Waals surface area contributed by atoms with E-state index in [0.29, 0.717) is 10.6 Å². The van der Waals surface area contributed by atoms with Crippen LogP contribution >= 0.6 is 11.6 Å². The molecule has 0 spiro atoms. The SMILES string of the molecule is N#Cc1ccc(Cl)cc1NCCC1CCCC1. The van der Waals surface area contributed by atoms with E-state index in [4.69, 9.17) is 16.9 Å². The fourth-order valence-corrected chi connectivity index (χ4v) is 2.64. The molecule has 0 radical (unpaired) electrons. The quantitative estimate of drug-likeness (QED) is 0.867. The van der Waals surface area contributed by atoms with Crippen molar-refractivity contribution in [2.75, 3.05) is 11.9 Å². The van der Waals surface area contributed by atoms with Gasteiger partial charge in [0.25, 0.3) is 0 Å². The minimum absolute atomic E-state index is 0.667. The van der Waals surface area contributed by atoms with E-state index < -0.39 is 0 Å². The molecule has 0 bridgehead atoms. The van der Waals surface area contributed by atoms with Crippen molar-refractivity contribution in [2.24, 2.45) is 5.92 Å². The third kappa shape index (κ3) is 3.38. The maximum absolute atomic E-state index is 8.99. The highest BCUT2D eigenvalue weighted by molar-refractivity contribution is 6.30. The van der Waals surface area contributed by atoms with Crippen LogP contribution in [0.1, 0.15) is 37.7 Å². The summed E-state index contributed by atoms with van der Waals surface area (Å²) in [7, 11) is 0. The summed E-state index contributed by atoms with van der Waals surface area (Å²) in [5, 5.41) is 13.0. The number of hydrogen-bond donors (Lipinski definition) is 1. The number of hydrogen-bond acceptors (Lipinski definition) is 2. The molecular formula is C14H17ClN2. The Morgan fingerprint density at radius 2 is 2.12 bits per heavy atom. The molecular weight excluding hydrogens is 232 g/mol. The predicted molar refractivity (Wildman–Crippen MR) is 71.2 cm³/mol. The van der Waals surface area contributed by atoms with Gasteiger partial charge < -0.3 is 5.32 Å². The maximum Gasteiger partial charge on any atom is 0.101 e. The molecule has 0 aliphatic heterocycles. The van der Waals surface area contributed by atoms with E-state index >= 15 is 0 Å². The summed E-state index contributed by atoms with van der Waals surface area (Å²) in [4.78, 5) is 0. The monoisotopic (exact) mass is 248 g/mol. The first kappa shape index (κ1) is 12.3. The van der Waals surface area contributed by atoms with Gasteiger partial charge in [-0.3, -0.25) is 0 Å². The predicted octanol–water partition coefficient (Wildman–Crippen LogP) is 4.20. The minimum atomic E-state index is 0.667. The summed E-state index contributed by atoms with van der Waals surface area (Å²) < 4.78 is 0. The van der Waals surface area contributed by atoms with E-state index in [1.54, 1.807) is 12.1 Å².